The van der Waals surface area contributed by atoms with Crippen LogP contribution in [0.5, 0.6) is 0 Å². The van der Waals surface area contributed by atoms with Gasteiger partial charge in [0.15, 0.2) is 0 Å². The van der Waals surface area contributed by atoms with Crippen molar-refractivity contribution in [2.75, 3.05) is 13.2 Å². The second kappa shape index (κ2) is 15.1. The third-order valence-electron chi connectivity index (χ3n) is 3.06. The lowest BCUT2D eigenvalue weighted by molar-refractivity contribution is -0.144. The Balaban J connectivity index is 3.23. The molecule has 0 amide bonds. The molecule has 0 atom stereocenters. The van der Waals surface area contributed by atoms with Gasteiger partial charge in [0.25, 0.3) is 0 Å². The molecule has 0 heterocycles. The Morgan fingerprint density at radius 3 is 1.81 bits per heavy atom. The molecule has 4 nitrogen and oxygen atoms in total. The van der Waals surface area contributed by atoms with Gasteiger partial charge < -0.3 is 9.47 Å². The number of carbonyl (C=O) groups is 2. The molecule has 0 aromatic rings. The normalized spacial score (nSPS) is 10.1. The topological polar surface area (TPSA) is 52.6 Å². The Morgan fingerprint density at radius 2 is 1.33 bits per heavy atom. The van der Waals surface area contributed by atoms with E-state index in [0.717, 1.165) is 44.9 Å². The minimum absolute atomic E-state index is 0.0841. The van der Waals surface area contributed by atoms with Gasteiger partial charge in [0, 0.05) is 12.8 Å². The highest BCUT2D eigenvalue weighted by molar-refractivity contribution is 5.69. The lowest BCUT2D eigenvalue weighted by atomic mass is 10.1. The summed E-state index contributed by atoms with van der Waals surface area (Å²) in [7, 11) is 0. The van der Waals surface area contributed by atoms with E-state index in [1.54, 1.807) is 6.08 Å². The van der Waals surface area contributed by atoms with Crippen molar-refractivity contribution in [2.45, 2.75) is 71.1 Å². The van der Waals surface area contributed by atoms with Crippen LogP contribution in [0.25, 0.3) is 0 Å². The van der Waals surface area contributed by atoms with Gasteiger partial charge in [0.2, 0.25) is 0 Å². The van der Waals surface area contributed by atoms with Gasteiger partial charge in [-0.3, -0.25) is 9.59 Å². The quantitative estimate of drug-likeness (QED) is 0.274. The summed E-state index contributed by atoms with van der Waals surface area (Å²) in [5, 5.41) is 0. The molecule has 0 aliphatic rings. The molecule has 0 aliphatic carbocycles. The van der Waals surface area contributed by atoms with Crippen LogP contribution >= 0.6 is 0 Å². The van der Waals surface area contributed by atoms with Crippen LogP contribution in [-0.2, 0) is 19.1 Å². The Labute approximate surface area is 128 Å². The molecule has 122 valence electrons. The van der Waals surface area contributed by atoms with Crippen molar-refractivity contribution in [3.63, 3.8) is 0 Å². The molecule has 0 bridgehead atoms. The van der Waals surface area contributed by atoms with E-state index < -0.39 is 0 Å². The fourth-order valence-corrected chi connectivity index (χ4v) is 1.86. The summed E-state index contributed by atoms with van der Waals surface area (Å²) in [6.07, 6.45) is 10.4. The number of unbranched alkanes of at least 4 members (excludes halogenated alkanes) is 5. The van der Waals surface area contributed by atoms with Gasteiger partial charge >= 0.3 is 11.9 Å². The average molecular weight is 298 g/mol. The molecule has 0 rings (SSSR count). The molecular formula is C17H30O4. The molecule has 0 saturated heterocycles. The van der Waals surface area contributed by atoms with E-state index >= 15 is 0 Å². The summed E-state index contributed by atoms with van der Waals surface area (Å²) in [6, 6.07) is 0. The number of rotatable bonds is 14. The number of hydrogen-bond donors (Lipinski definition) is 0. The van der Waals surface area contributed by atoms with Crippen LogP contribution in [0, 0.1) is 0 Å². The number of esters is 2. The van der Waals surface area contributed by atoms with Crippen LogP contribution in [0.1, 0.15) is 71.1 Å². The summed E-state index contributed by atoms with van der Waals surface area (Å²) in [6.45, 7) is 6.53. The molecule has 0 spiro atoms. The lowest BCUT2D eigenvalue weighted by Gasteiger charge is -2.04. The molecule has 0 aliphatic heterocycles. The summed E-state index contributed by atoms with van der Waals surface area (Å²) in [4.78, 5) is 22.5. The van der Waals surface area contributed by atoms with Crippen molar-refractivity contribution in [1.29, 1.82) is 0 Å². The van der Waals surface area contributed by atoms with Gasteiger partial charge in [-0.2, -0.15) is 0 Å². The fraction of sp³-hybridized carbons (Fsp3) is 0.765. The van der Waals surface area contributed by atoms with Gasteiger partial charge in [0.1, 0.15) is 0 Å². The standard InChI is InChI=1S/C17H30O4/c1-3-5-15-21-17(19)13-11-9-7-6-8-10-12-16(18)20-14-4-2/h3H,1,4-15H2,2H3. The van der Waals surface area contributed by atoms with Crippen LogP contribution in [0.3, 0.4) is 0 Å². The second-order valence-corrected chi connectivity index (χ2v) is 5.14. The van der Waals surface area contributed by atoms with Crippen LogP contribution in [-0.4, -0.2) is 25.2 Å². The fourth-order valence-electron chi connectivity index (χ4n) is 1.86. The zero-order valence-electron chi connectivity index (χ0n) is 13.4. The Hall–Kier alpha value is -1.32. The van der Waals surface area contributed by atoms with Crippen molar-refractivity contribution >= 4 is 11.9 Å². The van der Waals surface area contributed by atoms with Crippen molar-refractivity contribution in [3.05, 3.63) is 12.7 Å². The molecule has 21 heavy (non-hydrogen) atoms. The molecule has 0 fully saturated rings. The minimum Gasteiger partial charge on any atom is -0.466 e. The lowest BCUT2D eigenvalue weighted by Crippen LogP contribution is -2.05. The maximum Gasteiger partial charge on any atom is 0.305 e. The SMILES string of the molecule is C=CCCOC(=O)CCCCCCCCC(=O)OCCC. The molecule has 0 radical (unpaired) electrons. The third kappa shape index (κ3) is 14.9. The first-order chi connectivity index (χ1) is 10.2. The highest BCUT2D eigenvalue weighted by atomic mass is 16.5. The molecule has 0 aromatic heterocycles. The average Bonchev–Trinajstić information content (AvgIpc) is 2.48. The monoisotopic (exact) mass is 298 g/mol. The predicted molar refractivity (Wildman–Crippen MR) is 84.0 cm³/mol. The van der Waals surface area contributed by atoms with Crippen LogP contribution in [0.2, 0.25) is 0 Å². The van der Waals surface area contributed by atoms with E-state index in [1.807, 2.05) is 6.92 Å². The molecule has 0 aromatic carbocycles. The minimum atomic E-state index is -0.115. The molecule has 0 saturated carbocycles. The van der Waals surface area contributed by atoms with E-state index in [1.165, 1.54) is 0 Å². The first-order valence-electron chi connectivity index (χ1n) is 8.12. The first kappa shape index (κ1) is 19.7. The van der Waals surface area contributed by atoms with E-state index in [-0.39, 0.29) is 11.9 Å². The zero-order valence-corrected chi connectivity index (χ0v) is 13.4. The van der Waals surface area contributed by atoms with Crippen LogP contribution in [0.4, 0.5) is 0 Å². The molecular weight excluding hydrogens is 268 g/mol. The molecule has 0 unspecified atom stereocenters. The highest BCUT2D eigenvalue weighted by Crippen LogP contribution is 2.09. The third-order valence-corrected chi connectivity index (χ3v) is 3.06. The zero-order chi connectivity index (χ0) is 15.8. The molecule has 0 N–H and O–H groups in total. The summed E-state index contributed by atoms with van der Waals surface area (Å²) >= 11 is 0. The highest BCUT2D eigenvalue weighted by Gasteiger charge is 2.03. The van der Waals surface area contributed by atoms with Gasteiger partial charge in [-0.05, 0) is 25.7 Å². The van der Waals surface area contributed by atoms with Gasteiger partial charge in [-0.1, -0.05) is 38.7 Å². The number of ether oxygens (including phenoxy) is 2. The number of carbonyl (C=O) groups excluding carboxylic acids is 2. The maximum absolute atomic E-state index is 11.3. The van der Waals surface area contributed by atoms with E-state index in [4.69, 9.17) is 9.47 Å². The Morgan fingerprint density at radius 1 is 0.857 bits per heavy atom. The van der Waals surface area contributed by atoms with Crippen LogP contribution < -0.4 is 0 Å². The summed E-state index contributed by atoms with van der Waals surface area (Å²) < 4.78 is 10.0. The first-order valence-corrected chi connectivity index (χ1v) is 8.12. The van der Waals surface area contributed by atoms with Crippen LogP contribution in [0.15, 0.2) is 12.7 Å². The van der Waals surface area contributed by atoms with Crippen molar-refractivity contribution < 1.29 is 19.1 Å². The number of hydrogen-bond acceptors (Lipinski definition) is 4. The predicted octanol–water partition coefficient (Wildman–Crippen LogP) is 4.18. The van der Waals surface area contributed by atoms with Gasteiger partial charge in [-0.15, -0.1) is 6.58 Å². The van der Waals surface area contributed by atoms with Gasteiger partial charge in [0.05, 0.1) is 13.2 Å². The van der Waals surface area contributed by atoms with Crippen molar-refractivity contribution in [2.24, 2.45) is 0 Å². The second-order valence-electron chi connectivity index (χ2n) is 5.14. The smallest absolute Gasteiger partial charge is 0.305 e. The van der Waals surface area contributed by atoms with Gasteiger partial charge in [-0.25, -0.2) is 0 Å². The van der Waals surface area contributed by atoms with Crippen molar-refractivity contribution in [3.8, 4) is 0 Å². The van der Waals surface area contributed by atoms with E-state index in [9.17, 15) is 9.59 Å². The van der Waals surface area contributed by atoms with Crippen molar-refractivity contribution in [1.82, 2.24) is 0 Å². The maximum atomic E-state index is 11.3. The van der Waals surface area contributed by atoms with E-state index in [2.05, 4.69) is 6.58 Å². The summed E-state index contributed by atoms with van der Waals surface area (Å²) in [5.41, 5.74) is 0. The Kier molecular flexibility index (Phi) is 14.1. The molecule has 4 heteroatoms. The largest absolute Gasteiger partial charge is 0.466 e. The van der Waals surface area contributed by atoms with E-state index in [0.29, 0.717) is 32.5 Å². The Bertz CT molecular complexity index is 287. The summed E-state index contributed by atoms with van der Waals surface area (Å²) in [5.74, 6) is -0.199.